The molecule has 0 bridgehead atoms. The molecule has 21 heavy (non-hydrogen) atoms. The van der Waals surface area contributed by atoms with Gasteiger partial charge in [-0.05, 0) is 31.0 Å². The molecule has 1 aromatic heterocycles. The SMILES string of the molecule is N#Cc1c(C2CC2)nn(-c2cccc(C(F)(F)F)c2)c1Cl. The molecule has 1 aliphatic rings. The van der Waals surface area contributed by atoms with Gasteiger partial charge in [0.15, 0.2) is 5.15 Å². The lowest BCUT2D eigenvalue weighted by atomic mass is 10.2. The van der Waals surface area contributed by atoms with Crippen LogP contribution in [0.3, 0.4) is 0 Å². The smallest absolute Gasteiger partial charge is 0.221 e. The van der Waals surface area contributed by atoms with Crippen LogP contribution in [0.2, 0.25) is 5.15 Å². The van der Waals surface area contributed by atoms with Crippen LogP contribution in [0.25, 0.3) is 5.69 Å². The largest absolute Gasteiger partial charge is 0.416 e. The van der Waals surface area contributed by atoms with Crippen molar-refractivity contribution in [3.05, 3.63) is 46.2 Å². The maximum Gasteiger partial charge on any atom is 0.416 e. The van der Waals surface area contributed by atoms with Gasteiger partial charge in [-0.2, -0.15) is 23.5 Å². The second-order valence-corrected chi connectivity index (χ2v) is 5.26. The van der Waals surface area contributed by atoms with Crippen LogP contribution in [0.15, 0.2) is 24.3 Å². The van der Waals surface area contributed by atoms with Crippen molar-refractivity contribution < 1.29 is 13.2 Å². The van der Waals surface area contributed by atoms with Crippen LogP contribution >= 0.6 is 11.6 Å². The summed E-state index contributed by atoms with van der Waals surface area (Å²) in [5.74, 6) is 0.184. The van der Waals surface area contributed by atoms with Gasteiger partial charge in [0, 0.05) is 5.92 Å². The standard InChI is InChI=1S/C14H9ClF3N3/c15-13-11(7-19)12(8-4-5-8)20-21(13)10-3-1-2-9(6-10)14(16,17)18/h1-3,6,8H,4-5H2. The average Bonchev–Trinajstić information content (AvgIpc) is 3.22. The Balaban J connectivity index is 2.11. The average molecular weight is 312 g/mol. The molecule has 108 valence electrons. The van der Waals surface area contributed by atoms with Gasteiger partial charge in [0.1, 0.15) is 11.6 Å². The predicted molar refractivity (Wildman–Crippen MR) is 70.3 cm³/mol. The van der Waals surface area contributed by atoms with E-state index >= 15 is 0 Å². The summed E-state index contributed by atoms with van der Waals surface area (Å²) in [6.07, 6.45) is -2.59. The van der Waals surface area contributed by atoms with E-state index in [1.165, 1.54) is 16.8 Å². The summed E-state index contributed by atoms with van der Waals surface area (Å²) in [4.78, 5) is 0. The van der Waals surface area contributed by atoms with E-state index in [4.69, 9.17) is 16.9 Å². The summed E-state index contributed by atoms with van der Waals surface area (Å²) in [5.41, 5.74) is 0.229. The van der Waals surface area contributed by atoms with Crippen LogP contribution in [0.1, 0.15) is 35.6 Å². The zero-order valence-corrected chi connectivity index (χ0v) is 11.4. The van der Waals surface area contributed by atoms with E-state index in [0.717, 1.165) is 25.0 Å². The van der Waals surface area contributed by atoms with Crippen molar-refractivity contribution in [2.24, 2.45) is 0 Å². The normalized spacial score (nSPS) is 15.0. The fraction of sp³-hybridized carbons (Fsp3) is 0.286. The van der Waals surface area contributed by atoms with E-state index in [2.05, 4.69) is 5.10 Å². The van der Waals surface area contributed by atoms with Crippen LogP contribution in [-0.4, -0.2) is 9.78 Å². The van der Waals surface area contributed by atoms with Gasteiger partial charge in [-0.15, -0.1) is 0 Å². The molecule has 3 nitrogen and oxygen atoms in total. The molecule has 0 saturated heterocycles. The van der Waals surface area contributed by atoms with E-state index in [0.29, 0.717) is 5.69 Å². The van der Waals surface area contributed by atoms with Gasteiger partial charge >= 0.3 is 6.18 Å². The van der Waals surface area contributed by atoms with Gasteiger partial charge in [-0.25, -0.2) is 4.68 Å². The Bertz CT molecular complexity index is 739. The molecule has 1 aromatic carbocycles. The van der Waals surface area contributed by atoms with Crippen molar-refractivity contribution in [2.45, 2.75) is 24.9 Å². The summed E-state index contributed by atoms with van der Waals surface area (Å²) in [6.45, 7) is 0. The van der Waals surface area contributed by atoms with Crippen LogP contribution in [0.4, 0.5) is 13.2 Å². The first-order chi connectivity index (χ1) is 9.91. The Kier molecular flexibility index (Phi) is 3.18. The van der Waals surface area contributed by atoms with Crippen LogP contribution in [-0.2, 0) is 6.18 Å². The molecule has 0 unspecified atom stereocenters. The first-order valence-corrected chi connectivity index (χ1v) is 6.65. The molecule has 3 rings (SSSR count). The third-order valence-corrected chi connectivity index (χ3v) is 3.70. The molecule has 0 atom stereocenters. The summed E-state index contributed by atoms with van der Waals surface area (Å²) in [6, 6.07) is 6.70. The Morgan fingerprint density at radius 3 is 2.62 bits per heavy atom. The molecule has 0 N–H and O–H groups in total. The van der Waals surface area contributed by atoms with E-state index in [9.17, 15) is 13.2 Å². The minimum Gasteiger partial charge on any atom is -0.221 e. The number of hydrogen-bond donors (Lipinski definition) is 0. The molecule has 1 heterocycles. The molecule has 7 heteroatoms. The summed E-state index contributed by atoms with van der Waals surface area (Å²) >= 11 is 6.10. The number of benzene rings is 1. The van der Waals surface area contributed by atoms with Crippen molar-refractivity contribution in [3.8, 4) is 11.8 Å². The fourth-order valence-corrected chi connectivity index (χ4v) is 2.42. The topological polar surface area (TPSA) is 41.6 Å². The second kappa shape index (κ2) is 4.78. The van der Waals surface area contributed by atoms with Gasteiger partial charge in [-0.3, -0.25) is 0 Å². The summed E-state index contributed by atoms with van der Waals surface area (Å²) in [7, 11) is 0. The molecule has 0 spiro atoms. The molecule has 1 aliphatic carbocycles. The summed E-state index contributed by atoms with van der Waals surface area (Å²) < 4.78 is 39.5. The molecular weight excluding hydrogens is 303 g/mol. The van der Waals surface area contributed by atoms with Gasteiger partial charge in [-0.1, -0.05) is 17.7 Å². The zero-order valence-electron chi connectivity index (χ0n) is 10.7. The molecule has 1 fully saturated rings. The van der Waals surface area contributed by atoms with Gasteiger partial charge in [0.05, 0.1) is 16.9 Å². The molecule has 1 saturated carbocycles. The maximum atomic E-state index is 12.8. The number of hydrogen-bond acceptors (Lipinski definition) is 2. The first-order valence-electron chi connectivity index (χ1n) is 6.28. The Morgan fingerprint density at radius 1 is 1.33 bits per heavy atom. The molecule has 0 amide bonds. The van der Waals surface area contributed by atoms with Crippen LogP contribution in [0.5, 0.6) is 0 Å². The Hall–Kier alpha value is -2.00. The second-order valence-electron chi connectivity index (χ2n) is 4.90. The van der Waals surface area contributed by atoms with Gasteiger partial charge < -0.3 is 0 Å². The Labute approximate surface area is 123 Å². The number of nitriles is 1. The summed E-state index contributed by atoms with van der Waals surface area (Å²) in [5, 5.41) is 13.4. The maximum absolute atomic E-state index is 12.8. The lowest BCUT2D eigenvalue weighted by Crippen LogP contribution is -2.06. The number of aromatic nitrogens is 2. The first kappa shape index (κ1) is 14.0. The number of nitrogens with zero attached hydrogens (tertiary/aromatic N) is 3. The lowest BCUT2D eigenvalue weighted by molar-refractivity contribution is -0.137. The number of alkyl halides is 3. The van der Waals surface area contributed by atoms with Crippen LogP contribution < -0.4 is 0 Å². The highest BCUT2D eigenvalue weighted by atomic mass is 35.5. The predicted octanol–water partition coefficient (Wildman–Crippen LogP) is 4.29. The highest BCUT2D eigenvalue weighted by Gasteiger charge is 2.33. The third kappa shape index (κ3) is 2.49. The number of rotatable bonds is 2. The molecule has 0 radical (unpaired) electrons. The highest BCUT2D eigenvalue weighted by Crippen LogP contribution is 2.43. The molecule has 0 aliphatic heterocycles. The fourth-order valence-electron chi connectivity index (χ4n) is 2.14. The Morgan fingerprint density at radius 2 is 2.05 bits per heavy atom. The van der Waals surface area contributed by atoms with Gasteiger partial charge in [0.2, 0.25) is 0 Å². The molecule has 2 aromatic rings. The van der Waals surface area contributed by atoms with E-state index in [-0.39, 0.29) is 22.3 Å². The monoisotopic (exact) mass is 311 g/mol. The molecular formula is C14H9ClF3N3. The van der Waals surface area contributed by atoms with Gasteiger partial charge in [0.25, 0.3) is 0 Å². The lowest BCUT2D eigenvalue weighted by Gasteiger charge is -2.09. The van der Waals surface area contributed by atoms with Crippen LogP contribution in [0, 0.1) is 11.3 Å². The number of halogens is 4. The zero-order chi connectivity index (χ0) is 15.2. The van der Waals surface area contributed by atoms with Crippen molar-refractivity contribution >= 4 is 11.6 Å². The van der Waals surface area contributed by atoms with Crippen molar-refractivity contribution in [1.82, 2.24) is 9.78 Å². The van der Waals surface area contributed by atoms with E-state index < -0.39 is 11.7 Å². The highest BCUT2D eigenvalue weighted by molar-refractivity contribution is 6.31. The van der Waals surface area contributed by atoms with E-state index in [1.807, 2.05) is 6.07 Å². The van der Waals surface area contributed by atoms with Crippen molar-refractivity contribution in [1.29, 1.82) is 5.26 Å². The van der Waals surface area contributed by atoms with E-state index in [1.54, 1.807) is 0 Å². The van der Waals surface area contributed by atoms with Crippen molar-refractivity contribution in [2.75, 3.05) is 0 Å². The van der Waals surface area contributed by atoms with Crippen molar-refractivity contribution in [3.63, 3.8) is 0 Å². The minimum absolute atomic E-state index is 0.0544. The minimum atomic E-state index is -4.44. The third-order valence-electron chi connectivity index (χ3n) is 3.35. The quantitative estimate of drug-likeness (QED) is 0.830.